The molecule has 0 saturated carbocycles. The van der Waals surface area contributed by atoms with Crippen LogP contribution in [0.2, 0.25) is 0 Å². The van der Waals surface area contributed by atoms with Gasteiger partial charge in [-0.3, -0.25) is 0 Å². The number of nitrogens with one attached hydrogen (secondary N) is 2. The minimum Gasteiger partial charge on any atom is -0.381 e. The fraction of sp³-hybridized carbons (Fsp3) is 0.250. The number of hydrogen-bond acceptors (Lipinski definition) is 6. The summed E-state index contributed by atoms with van der Waals surface area (Å²) < 4.78 is 7.35. The topological polar surface area (TPSA) is 76.9 Å². The van der Waals surface area contributed by atoms with Gasteiger partial charge in [0.25, 0.3) is 0 Å². The van der Waals surface area contributed by atoms with Crippen LogP contribution < -0.4 is 10.6 Å². The Morgan fingerprint density at radius 3 is 2.74 bits per heavy atom. The molecule has 7 heteroatoms. The van der Waals surface area contributed by atoms with Crippen LogP contribution in [0.5, 0.6) is 0 Å². The van der Waals surface area contributed by atoms with Gasteiger partial charge in [-0.05, 0) is 89.0 Å². The first-order valence-electron chi connectivity index (χ1n) is 8.88. The summed E-state index contributed by atoms with van der Waals surface area (Å²) in [5.74, 6) is 0. The second kappa shape index (κ2) is 7.59. The van der Waals surface area contributed by atoms with Crippen molar-refractivity contribution < 1.29 is 4.74 Å². The van der Waals surface area contributed by atoms with Crippen LogP contribution in [-0.2, 0) is 4.74 Å². The van der Waals surface area contributed by atoms with Gasteiger partial charge in [0, 0.05) is 17.9 Å². The summed E-state index contributed by atoms with van der Waals surface area (Å²) in [7, 11) is 0. The van der Waals surface area contributed by atoms with E-state index in [1.54, 1.807) is 11.0 Å². The molecule has 27 heavy (non-hydrogen) atoms. The van der Waals surface area contributed by atoms with E-state index < -0.39 is 0 Å². The smallest absolute Gasteiger partial charge is 0.143 e. The first kappa shape index (κ1) is 17.2. The zero-order valence-electron chi connectivity index (χ0n) is 15.4. The summed E-state index contributed by atoms with van der Waals surface area (Å²) in [6.07, 6.45) is 3.78. The number of ether oxygens (including phenoxy) is 1. The van der Waals surface area contributed by atoms with E-state index in [2.05, 4.69) is 58.2 Å². The monoisotopic (exact) mass is 362 g/mol. The van der Waals surface area contributed by atoms with Crippen LogP contribution in [0.4, 0.5) is 11.4 Å². The first-order valence-corrected chi connectivity index (χ1v) is 8.88. The summed E-state index contributed by atoms with van der Waals surface area (Å²) in [5, 5.41) is 18.0. The second-order valence-corrected chi connectivity index (χ2v) is 6.65. The molecule has 0 amide bonds. The zero-order valence-corrected chi connectivity index (χ0v) is 15.4. The molecule has 1 aromatic heterocycles. The maximum Gasteiger partial charge on any atom is 0.143 e. The molecule has 1 aliphatic heterocycles. The highest BCUT2D eigenvalue weighted by Gasteiger charge is 2.09. The molecular formula is C20H22N6O. The molecular weight excluding hydrogens is 340 g/mol. The summed E-state index contributed by atoms with van der Waals surface area (Å²) in [6, 6.07) is 12.4. The summed E-state index contributed by atoms with van der Waals surface area (Å²) in [4.78, 5) is 0. The largest absolute Gasteiger partial charge is 0.381 e. The number of anilines is 2. The minimum absolute atomic E-state index is 0.507. The van der Waals surface area contributed by atoms with E-state index in [-0.39, 0.29) is 0 Å². The van der Waals surface area contributed by atoms with Crippen molar-refractivity contribution in [3.8, 4) is 5.69 Å². The average Bonchev–Trinajstić information content (AvgIpc) is 3.19. The lowest BCUT2D eigenvalue weighted by Crippen LogP contribution is -2.16. The van der Waals surface area contributed by atoms with E-state index in [4.69, 9.17) is 4.74 Å². The van der Waals surface area contributed by atoms with Gasteiger partial charge in [0.15, 0.2) is 0 Å². The van der Waals surface area contributed by atoms with Gasteiger partial charge in [0.05, 0.1) is 12.3 Å². The van der Waals surface area contributed by atoms with Crippen molar-refractivity contribution in [2.45, 2.75) is 13.8 Å². The first-order chi connectivity index (χ1) is 13.2. The lowest BCUT2D eigenvalue weighted by molar-refractivity contribution is 0.175. The van der Waals surface area contributed by atoms with Crippen molar-refractivity contribution in [2.75, 3.05) is 30.5 Å². The third-order valence-electron chi connectivity index (χ3n) is 4.68. The molecule has 2 N–H and O–H groups in total. The van der Waals surface area contributed by atoms with Crippen LogP contribution in [-0.4, -0.2) is 40.1 Å². The SMILES string of the molecule is Cc1cc2c(cc1C)NCOCC(CNc1ccc(-n3cnnn3)cc1)=C2. The number of aromatic nitrogens is 4. The molecule has 7 nitrogen and oxygen atoms in total. The number of aryl methyl sites for hydroxylation is 2. The summed E-state index contributed by atoms with van der Waals surface area (Å²) >= 11 is 0. The van der Waals surface area contributed by atoms with Crippen LogP contribution in [0.15, 0.2) is 48.3 Å². The fourth-order valence-corrected chi connectivity index (χ4v) is 3.01. The predicted molar refractivity (Wildman–Crippen MR) is 106 cm³/mol. The molecule has 2 heterocycles. The third-order valence-corrected chi connectivity index (χ3v) is 4.68. The highest BCUT2D eigenvalue weighted by molar-refractivity contribution is 5.71. The van der Waals surface area contributed by atoms with E-state index in [1.807, 2.05) is 24.3 Å². The fourth-order valence-electron chi connectivity index (χ4n) is 3.01. The van der Waals surface area contributed by atoms with Crippen molar-refractivity contribution in [2.24, 2.45) is 0 Å². The summed E-state index contributed by atoms with van der Waals surface area (Å²) in [5.41, 5.74) is 8.04. The molecule has 0 fully saturated rings. The van der Waals surface area contributed by atoms with Gasteiger partial charge >= 0.3 is 0 Å². The molecule has 0 bridgehead atoms. The third kappa shape index (κ3) is 3.98. The minimum atomic E-state index is 0.507. The van der Waals surface area contributed by atoms with Crippen LogP contribution in [0, 0.1) is 13.8 Å². The number of benzene rings is 2. The van der Waals surface area contributed by atoms with Crippen molar-refractivity contribution >= 4 is 17.5 Å². The molecule has 0 saturated heterocycles. The highest BCUT2D eigenvalue weighted by atomic mass is 16.5. The standard InChI is InChI=1S/C20H22N6O/c1-14-7-17-9-16(11-27-13-22-20(17)8-15(14)2)10-21-18-3-5-19(6-4-18)26-12-23-24-25-26/h3-9,12,21-22H,10-11,13H2,1-2H3. The van der Waals surface area contributed by atoms with Crippen molar-refractivity contribution in [3.05, 3.63) is 65.0 Å². The second-order valence-electron chi connectivity index (χ2n) is 6.65. The average molecular weight is 362 g/mol. The molecule has 0 spiro atoms. The van der Waals surface area contributed by atoms with Crippen molar-refractivity contribution in [3.63, 3.8) is 0 Å². The van der Waals surface area contributed by atoms with E-state index >= 15 is 0 Å². The number of fused-ring (bicyclic) bond motifs is 1. The van der Waals surface area contributed by atoms with Crippen LogP contribution in [0.25, 0.3) is 11.8 Å². The van der Waals surface area contributed by atoms with Gasteiger partial charge in [-0.25, -0.2) is 4.68 Å². The zero-order chi connectivity index (χ0) is 18.6. The van der Waals surface area contributed by atoms with Crippen LogP contribution in [0.3, 0.4) is 0 Å². The van der Waals surface area contributed by atoms with Gasteiger partial charge in [0.1, 0.15) is 13.1 Å². The Kier molecular flexibility index (Phi) is 4.84. The number of hydrogen-bond donors (Lipinski definition) is 2. The van der Waals surface area contributed by atoms with Gasteiger partial charge in [-0.2, -0.15) is 0 Å². The molecule has 0 radical (unpaired) electrons. The maximum atomic E-state index is 5.73. The lowest BCUT2D eigenvalue weighted by atomic mass is 10.0. The number of rotatable bonds is 4. The van der Waals surface area contributed by atoms with E-state index in [1.165, 1.54) is 22.3 Å². The highest BCUT2D eigenvalue weighted by Crippen LogP contribution is 2.25. The molecule has 138 valence electrons. The Labute approximate surface area is 158 Å². The van der Waals surface area contributed by atoms with Gasteiger partial charge in [0.2, 0.25) is 0 Å². The Hall–Kier alpha value is -3.19. The molecule has 3 aromatic rings. The Morgan fingerprint density at radius 2 is 1.96 bits per heavy atom. The number of nitrogens with zero attached hydrogens (tertiary/aromatic N) is 4. The quantitative estimate of drug-likeness (QED) is 0.742. The lowest BCUT2D eigenvalue weighted by Gasteiger charge is -2.19. The molecule has 0 atom stereocenters. The van der Waals surface area contributed by atoms with Crippen molar-refractivity contribution in [1.29, 1.82) is 0 Å². The Bertz CT molecular complexity index is 947. The Balaban J connectivity index is 1.49. The van der Waals surface area contributed by atoms with Gasteiger partial charge in [-0.1, -0.05) is 0 Å². The molecule has 1 aliphatic rings. The normalized spacial score (nSPS) is 13.8. The Morgan fingerprint density at radius 1 is 1.15 bits per heavy atom. The van der Waals surface area contributed by atoms with Crippen molar-refractivity contribution in [1.82, 2.24) is 20.2 Å². The van der Waals surface area contributed by atoms with E-state index in [0.29, 0.717) is 13.3 Å². The molecule has 2 aromatic carbocycles. The van der Waals surface area contributed by atoms with Gasteiger partial charge in [-0.15, -0.1) is 5.10 Å². The van der Waals surface area contributed by atoms with Crippen LogP contribution in [0.1, 0.15) is 16.7 Å². The molecule has 4 rings (SSSR count). The van der Waals surface area contributed by atoms with Gasteiger partial charge < -0.3 is 15.4 Å². The maximum absolute atomic E-state index is 5.73. The predicted octanol–water partition coefficient (Wildman–Crippen LogP) is 3.17. The number of tetrazole rings is 1. The molecule has 0 unspecified atom stereocenters. The van der Waals surface area contributed by atoms with Crippen LogP contribution >= 0.6 is 0 Å². The van der Waals surface area contributed by atoms with E-state index in [0.717, 1.165) is 23.6 Å². The van der Waals surface area contributed by atoms with E-state index in [9.17, 15) is 0 Å². The summed E-state index contributed by atoms with van der Waals surface area (Å²) in [6.45, 7) is 6.09. The molecule has 0 aliphatic carbocycles.